The minimum atomic E-state index is -0.982. The number of hydrogen-bond acceptors (Lipinski definition) is 3. The third-order valence-corrected chi connectivity index (χ3v) is 2.33. The summed E-state index contributed by atoms with van der Waals surface area (Å²) in [5.74, 6) is -1.77. The van der Waals surface area contributed by atoms with E-state index in [0.29, 0.717) is 12.2 Å². The fourth-order valence-electron chi connectivity index (χ4n) is 1.29. The molecule has 0 aliphatic heterocycles. The zero-order valence-corrected chi connectivity index (χ0v) is 8.53. The molecule has 1 heterocycles. The van der Waals surface area contributed by atoms with Gasteiger partial charge in [0.2, 0.25) is 0 Å². The van der Waals surface area contributed by atoms with E-state index in [-0.39, 0.29) is 11.7 Å². The van der Waals surface area contributed by atoms with Gasteiger partial charge in [0, 0.05) is 13.1 Å². The van der Waals surface area contributed by atoms with Gasteiger partial charge in [0.1, 0.15) is 5.92 Å². The van der Waals surface area contributed by atoms with Crippen molar-refractivity contribution >= 4 is 17.6 Å². The summed E-state index contributed by atoms with van der Waals surface area (Å²) < 4.78 is 1.69. The normalized spacial score (nSPS) is 12.8. The lowest BCUT2D eigenvalue weighted by molar-refractivity contribution is -0.138. The Labute approximate surface area is 86.5 Å². The Bertz CT molecular complexity index is 337. The van der Waals surface area contributed by atoms with Crippen LogP contribution < -0.4 is 5.73 Å². The maximum absolute atomic E-state index is 10.9. The number of hydrogen-bond donors (Lipinski definition) is 2. The standard InChI is InChI=1S/C8H12ClN3O2/c1-2-12-4-11-7(9)6(12)5(3-10)8(13)14/h4-5H,2-3,10H2,1H3,(H,13,14). The molecule has 0 radical (unpaired) electrons. The van der Waals surface area contributed by atoms with Crippen LogP contribution >= 0.6 is 11.6 Å². The van der Waals surface area contributed by atoms with E-state index in [1.807, 2.05) is 6.92 Å². The molecule has 0 bridgehead atoms. The molecule has 78 valence electrons. The summed E-state index contributed by atoms with van der Waals surface area (Å²) in [6.45, 7) is 2.52. The van der Waals surface area contributed by atoms with Crippen molar-refractivity contribution in [2.45, 2.75) is 19.4 Å². The first-order valence-corrected chi connectivity index (χ1v) is 4.63. The highest BCUT2D eigenvalue weighted by Crippen LogP contribution is 2.23. The maximum atomic E-state index is 10.9. The summed E-state index contributed by atoms with van der Waals surface area (Å²) >= 11 is 5.79. The van der Waals surface area contributed by atoms with Gasteiger partial charge in [-0.05, 0) is 6.92 Å². The lowest BCUT2D eigenvalue weighted by atomic mass is 10.1. The predicted molar refractivity (Wildman–Crippen MR) is 52.3 cm³/mol. The average molecular weight is 218 g/mol. The number of carboxylic acids is 1. The van der Waals surface area contributed by atoms with Gasteiger partial charge in [0.15, 0.2) is 5.15 Å². The summed E-state index contributed by atoms with van der Waals surface area (Å²) in [4.78, 5) is 14.7. The first-order valence-electron chi connectivity index (χ1n) is 4.25. The van der Waals surface area contributed by atoms with Crippen LogP contribution in [0.25, 0.3) is 0 Å². The topological polar surface area (TPSA) is 81.1 Å². The number of nitrogens with zero attached hydrogens (tertiary/aromatic N) is 2. The molecular weight excluding hydrogens is 206 g/mol. The summed E-state index contributed by atoms with van der Waals surface area (Å²) in [5.41, 5.74) is 5.85. The van der Waals surface area contributed by atoms with Crippen molar-refractivity contribution in [2.75, 3.05) is 6.54 Å². The molecule has 6 heteroatoms. The van der Waals surface area contributed by atoms with Crippen LogP contribution in [0.2, 0.25) is 5.15 Å². The highest BCUT2D eigenvalue weighted by atomic mass is 35.5. The molecular formula is C8H12ClN3O2. The SMILES string of the molecule is CCn1cnc(Cl)c1C(CN)C(=O)O. The van der Waals surface area contributed by atoms with Gasteiger partial charge in [0.25, 0.3) is 0 Å². The Balaban J connectivity index is 3.13. The molecule has 14 heavy (non-hydrogen) atoms. The van der Waals surface area contributed by atoms with E-state index in [4.69, 9.17) is 22.4 Å². The number of aryl methyl sites for hydroxylation is 1. The van der Waals surface area contributed by atoms with E-state index in [1.165, 1.54) is 6.33 Å². The van der Waals surface area contributed by atoms with E-state index in [1.54, 1.807) is 4.57 Å². The number of carboxylic acid groups (broad SMARTS) is 1. The molecule has 1 aromatic heterocycles. The molecule has 0 saturated carbocycles. The Morgan fingerprint density at radius 3 is 2.93 bits per heavy atom. The van der Waals surface area contributed by atoms with Crippen molar-refractivity contribution in [1.29, 1.82) is 0 Å². The van der Waals surface area contributed by atoms with Gasteiger partial charge < -0.3 is 15.4 Å². The molecule has 0 amide bonds. The molecule has 1 atom stereocenters. The van der Waals surface area contributed by atoms with Gasteiger partial charge in [-0.3, -0.25) is 4.79 Å². The molecule has 0 aliphatic carbocycles. The first kappa shape index (κ1) is 11.0. The number of rotatable bonds is 4. The number of carbonyl (C=O) groups is 1. The van der Waals surface area contributed by atoms with Crippen LogP contribution in [0.1, 0.15) is 18.5 Å². The Morgan fingerprint density at radius 1 is 1.86 bits per heavy atom. The van der Waals surface area contributed by atoms with Crippen molar-refractivity contribution in [3.63, 3.8) is 0 Å². The van der Waals surface area contributed by atoms with Crippen LogP contribution in [0.15, 0.2) is 6.33 Å². The third-order valence-electron chi connectivity index (χ3n) is 2.04. The van der Waals surface area contributed by atoms with Gasteiger partial charge in [0.05, 0.1) is 12.0 Å². The van der Waals surface area contributed by atoms with Crippen molar-refractivity contribution in [3.05, 3.63) is 17.2 Å². The fourth-order valence-corrected chi connectivity index (χ4v) is 1.58. The van der Waals surface area contributed by atoms with E-state index < -0.39 is 11.9 Å². The van der Waals surface area contributed by atoms with E-state index >= 15 is 0 Å². The molecule has 1 unspecified atom stereocenters. The second-order valence-corrected chi connectivity index (χ2v) is 3.19. The quantitative estimate of drug-likeness (QED) is 0.777. The molecule has 1 aromatic rings. The van der Waals surface area contributed by atoms with Crippen molar-refractivity contribution in [3.8, 4) is 0 Å². The molecule has 0 saturated heterocycles. The molecule has 1 rings (SSSR count). The molecule has 0 aromatic carbocycles. The van der Waals surface area contributed by atoms with Crippen LogP contribution in [0.4, 0.5) is 0 Å². The number of imidazole rings is 1. The van der Waals surface area contributed by atoms with Gasteiger partial charge in [-0.1, -0.05) is 11.6 Å². The fraction of sp³-hybridized carbons (Fsp3) is 0.500. The maximum Gasteiger partial charge on any atom is 0.313 e. The number of aromatic nitrogens is 2. The zero-order chi connectivity index (χ0) is 10.7. The van der Waals surface area contributed by atoms with E-state index in [2.05, 4.69) is 4.98 Å². The first-order chi connectivity index (χ1) is 6.61. The highest BCUT2D eigenvalue weighted by Gasteiger charge is 2.24. The highest BCUT2D eigenvalue weighted by molar-refractivity contribution is 6.30. The largest absolute Gasteiger partial charge is 0.481 e. The lowest BCUT2D eigenvalue weighted by Crippen LogP contribution is -2.24. The van der Waals surface area contributed by atoms with Crippen LogP contribution in [-0.4, -0.2) is 27.2 Å². The van der Waals surface area contributed by atoms with Gasteiger partial charge >= 0.3 is 5.97 Å². The van der Waals surface area contributed by atoms with Gasteiger partial charge in [-0.15, -0.1) is 0 Å². The molecule has 3 N–H and O–H groups in total. The molecule has 0 fully saturated rings. The smallest absolute Gasteiger partial charge is 0.313 e. The number of nitrogens with two attached hydrogens (primary N) is 1. The zero-order valence-electron chi connectivity index (χ0n) is 7.77. The Hall–Kier alpha value is -1.07. The summed E-state index contributed by atoms with van der Waals surface area (Å²) in [6, 6.07) is 0. The summed E-state index contributed by atoms with van der Waals surface area (Å²) in [7, 11) is 0. The second-order valence-electron chi connectivity index (χ2n) is 2.83. The molecule has 0 aliphatic rings. The van der Waals surface area contributed by atoms with Crippen molar-refractivity contribution in [1.82, 2.24) is 9.55 Å². The molecule has 5 nitrogen and oxygen atoms in total. The van der Waals surface area contributed by atoms with Crippen LogP contribution in [0, 0.1) is 0 Å². The Morgan fingerprint density at radius 2 is 2.50 bits per heavy atom. The third kappa shape index (κ3) is 1.88. The van der Waals surface area contributed by atoms with Gasteiger partial charge in [-0.2, -0.15) is 0 Å². The average Bonchev–Trinajstić information content (AvgIpc) is 2.49. The van der Waals surface area contributed by atoms with Crippen molar-refractivity contribution < 1.29 is 9.90 Å². The minimum absolute atomic E-state index is 0.0146. The van der Waals surface area contributed by atoms with Crippen LogP contribution in [-0.2, 0) is 11.3 Å². The Kier molecular flexibility index (Phi) is 3.49. The number of halogens is 1. The minimum Gasteiger partial charge on any atom is -0.481 e. The van der Waals surface area contributed by atoms with E-state index in [0.717, 1.165) is 0 Å². The predicted octanol–water partition coefficient (Wildman–Crippen LogP) is 0.683. The summed E-state index contributed by atoms with van der Waals surface area (Å²) in [5, 5.41) is 9.12. The second kappa shape index (κ2) is 4.43. The lowest BCUT2D eigenvalue weighted by Gasteiger charge is -2.12. The van der Waals surface area contributed by atoms with Gasteiger partial charge in [-0.25, -0.2) is 4.98 Å². The molecule has 0 spiro atoms. The monoisotopic (exact) mass is 217 g/mol. The summed E-state index contributed by atoms with van der Waals surface area (Å²) in [6.07, 6.45) is 1.52. The van der Waals surface area contributed by atoms with Crippen molar-refractivity contribution in [2.24, 2.45) is 5.73 Å². The van der Waals surface area contributed by atoms with Crippen LogP contribution in [0.5, 0.6) is 0 Å². The van der Waals surface area contributed by atoms with Crippen LogP contribution in [0.3, 0.4) is 0 Å². The van der Waals surface area contributed by atoms with E-state index in [9.17, 15) is 4.79 Å². The number of aliphatic carboxylic acids is 1.